The number of rotatable bonds is 3. The van der Waals surface area contributed by atoms with Crippen molar-refractivity contribution >= 4 is 11.5 Å². The van der Waals surface area contributed by atoms with Gasteiger partial charge in [-0.25, -0.2) is 0 Å². The summed E-state index contributed by atoms with van der Waals surface area (Å²) < 4.78 is 0. The van der Waals surface area contributed by atoms with Gasteiger partial charge in [-0.2, -0.15) is 0 Å². The molecule has 0 aromatic heterocycles. The maximum Gasteiger partial charge on any atom is 0.161 e. The fraction of sp³-hybridized carbons (Fsp3) is 0.500. The minimum atomic E-state index is 0.194. The first-order chi connectivity index (χ1) is 7.75. The smallest absolute Gasteiger partial charge is 0.161 e. The molecule has 0 amide bonds. The molecule has 2 aliphatic rings. The Morgan fingerprint density at radius 3 is 2.94 bits per heavy atom. The summed E-state index contributed by atoms with van der Waals surface area (Å²) in [7, 11) is 0. The highest BCUT2D eigenvalue weighted by atomic mass is 16.1. The van der Waals surface area contributed by atoms with E-state index >= 15 is 0 Å². The average Bonchev–Trinajstić information content (AvgIpc) is 2.98. The number of carbonyl (C=O) groups is 1. The molecule has 1 aromatic carbocycles. The number of anilines is 1. The number of ketones is 1. The largest absolute Gasteiger partial charge is 0.370 e. The molecule has 0 saturated heterocycles. The Kier molecular flexibility index (Phi) is 2.23. The zero-order valence-corrected chi connectivity index (χ0v) is 9.70. The zero-order valence-electron chi connectivity index (χ0n) is 9.70. The van der Waals surface area contributed by atoms with E-state index in [9.17, 15) is 4.79 Å². The van der Waals surface area contributed by atoms with Crippen molar-refractivity contribution in [3.05, 3.63) is 29.3 Å². The van der Waals surface area contributed by atoms with E-state index in [1.54, 1.807) is 6.92 Å². The second-order valence-corrected chi connectivity index (χ2v) is 5.01. The lowest BCUT2D eigenvalue weighted by atomic mass is 10.0. The number of hydrogen-bond acceptors (Lipinski definition) is 2. The van der Waals surface area contributed by atoms with E-state index in [4.69, 9.17) is 0 Å². The maximum atomic E-state index is 11.6. The van der Waals surface area contributed by atoms with Gasteiger partial charge in [-0.3, -0.25) is 4.79 Å². The number of fused-ring (bicyclic) bond motifs is 1. The average molecular weight is 215 g/mol. The van der Waals surface area contributed by atoms with Crippen LogP contribution in [-0.2, 0) is 6.42 Å². The minimum Gasteiger partial charge on any atom is -0.370 e. The van der Waals surface area contributed by atoms with Gasteiger partial charge in [0.15, 0.2) is 5.78 Å². The van der Waals surface area contributed by atoms with Crippen molar-refractivity contribution in [3.8, 4) is 0 Å². The van der Waals surface area contributed by atoms with Crippen molar-refractivity contribution in [2.24, 2.45) is 5.92 Å². The van der Waals surface area contributed by atoms with Gasteiger partial charge < -0.3 is 4.90 Å². The molecule has 0 N–H and O–H groups in total. The molecule has 2 nitrogen and oxygen atoms in total. The highest BCUT2D eigenvalue weighted by Crippen LogP contribution is 2.37. The van der Waals surface area contributed by atoms with Crippen LogP contribution < -0.4 is 4.90 Å². The van der Waals surface area contributed by atoms with Crippen molar-refractivity contribution in [2.75, 3.05) is 18.0 Å². The van der Waals surface area contributed by atoms with E-state index in [1.165, 1.54) is 24.1 Å². The van der Waals surface area contributed by atoms with Crippen molar-refractivity contribution in [1.82, 2.24) is 0 Å². The topological polar surface area (TPSA) is 20.3 Å². The van der Waals surface area contributed by atoms with Gasteiger partial charge in [0.2, 0.25) is 0 Å². The predicted octanol–water partition coefficient (Wildman–Crippen LogP) is 2.66. The molecule has 0 bridgehead atoms. The Morgan fingerprint density at radius 2 is 2.25 bits per heavy atom. The van der Waals surface area contributed by atoms with E-state index in [0.29, 0.717) is 0 Å². The molecule has 16 heavy (non-hydrogen) atoms. The highest BCUT2D eigenvalue weighted by Gasteiger charge is 2.29. The number of carbonyl (C=O) groups excluding carboxylic acids is 1. The fourth-order valence-corrected chi connectivity index (χ4v) is 2.61. The normalized spacial score (nSPS) is 18.7. The van der Waals surface area contributed by atoms with Crippen LogP contribution in [0.3, 0.4) is 0 Å². The molecule has 0 spiro atoms. The van der Waals surface area contributed by atoms with Gasteiger partial charge in [-0.1, -0.05) is 12.1 Å². The van der Waals surface area contributed by atoms with E-state index in [-0.39, 0.29) is 5.78 Å². The Bertz CT molecular complexity index is 434. The first kappa shape index (κ1) is 9.88. The molecule has 0 unspecified atom stereocenters. The molecule has 1 aliphatic heterocycles. The summed E-state index contributed by atoms with van der Waals surface area (Å²) in [5.41, 5.74) is 3.49. The van der Waals surface area contributed by atoms with Crippen LogP contribution in [-0.4, -0.2) is 18.9 Å². The SMILES string of the molecule is CC(=O)c1cccc2c1N(CC1CC1)CC2. The van der Waals surface area contributed by atoms with Gasteiger partial charge in [-0.15, -0.1) is 0 Å². The molecule has 1 aliphatic carbocycles. The molecule has 1 aromatic rings. The van der Waals surface area contributed by atoms with E-state index in [1.807, 2.05) is 12.1 Å². The number of nitrogens with zero attached hydrogens (tertiary/aromatic N) is 1. The Balaban J connectivity index is 1.97. The summed E-state index contributed by atoms with van der Waals surface area (Å²) in [6.07, 6.45) is 3.84. The lowest BCUT2D eigenvalue weighted by molar-refractivity contribution is 0.101. The van der Waals surface area contributed by atoms with Gasteiger partial charge in [-0.05, 0) is 43.7 Å². The van der Waals surface area contributed by atoms with E-state index in [0.717, 1.165) is 31.0 Å². The fourth-order valence-electron chi connectivity index (χ4n) is 2.61. The zero-order chi connectivity index (χ0) is 11.1. The van der Waals surface area contributed by atoms with Crippen molar-refractivity contribution in [1.29, 1.82) is 0 Å². The van der Waals surface area contributed by atoms with Crippen LogP contribution in [0.15, 0.2) is 18.2 Å². The van der Waals surface area contributed by atoms with Gasteiger partial charge in [0.1, 0.15) is 0 Å². The summed E-state index contributed by atoms with van der Waals surface area (Å²) in [6, 6.07) is 6.14. The molecule has 1 fully saturated rings. The van der Waals surface area contributed by atoms with Crippen LogP contribution >= 0.6 is 0 Å². The van der Waals surface area contributed by atoms with E-state index < -0.39 is 0 Å². The van der Waals surface area contributed by atoms with Crippen LogP contribution in [0.1, 0.15) is 35.7 Å². The predicted molar refractivity (Wildman–Crippen MR) is 65.1 cm³/mol. The summed E-state index contributed by atoms with van der Waals surface area (Å²) in [6.45, 7) is 3.91. The van der Waals surface area contributed by atoms with Crippen LogP contribution in [0.25, 0.3) is 0 Å². The molecule has 1 heterocycles. The molecular weight excluding hydrogens is 198 g/mol. The Hall–Kier alpha value is -1.31. The maximum absolute atomic E-state index is 11.6. The monoisotopic (exact) mass is 215 g/mol. The summed E-state index contributed by atoms with van der Waals surface area (Å²) in [5.74, 6) is 1.07. The number of benzene rings is 1. The van der Waals surface area contributed by atoms with E-state index in [2.05, 4.69) is 11.0 Å². The van der Waals surface area contributed by atoms with Gasteiger partial charge in [0, 0.05) is 18.7 Å². The number of Topliss-reactive ketones (excluding diaryl/α,β-unsaturated/α-hetero) is 1. The van der Waals surface area contributed by atoms with Crippen LogP contribution in [0.4, 0.5) is 5.69 Å². The quantitative estimate of drug-likeness (QED) is 0.722. The van der Waals surface area contributed by atoms with Crippen molar-refractivity contribution in [2.45, 2.75) is 26.2 Å². The van der Waals surface area contributed by atoms with Gasteiger partial charge in [0.05, 0.1) is 5.69 Å². The second-order valence-electron chi connectivity index (χ2n) is 5.01. The third-order valence-electron chi connectivity index (χ3n) is 3.64. The summed E-state index contributed by atoms with van der Waals surface area (Å²) in [5, 5.41) is 0. The first-order valence-electron chi connectivity index (χ1n) is 6.13. The lowest BCUT2D eigenvalue weighted by Gasteiger charge is -2.21. The highest BCUT2D eigenvalue weighted by molar-refractivity contribution is 6.00. The third kappa shape index (κ3) is 1.62. The molecule has 2 heteroatoms. The molecule has 0 atom stereocenters. The summed E-state index contributed by atoms with van der Waals surface area (Å²) >= 11 is 0. The summed E-state index contributed by atoms with van der Waals surface area (Å²) in [4.78, 5) is 14.0. The molecule has 0 radical (unpaired) electrons. The van der Waals surface area contributed by atoms with Crippen molar-refractivity contribution in [3.63, 3.8) is 0 Å². The van der Waals surface area contributed by atoms with Gasteiger partial charge in [0.25, 0.3) is 0 Å². The Labute approximate surface area is 96.3 Å². The van der Waals surface area contributed by atoms with Crippen LogP contribution in [0.5, 0.6) is 0 Å². The van der Waals surface area contributed by atoms with Crippen molar-refractivity contribution < 1.29 is 4.79 Å². The second kappa shape index (κ2) is 3.62. The lowest BCUT2D eigenvalue weighted by Crippen LogP contribution is -2.24. The standard InChI is InChI=1S/C14H17NO/c1-10(16)13-4-2-3-12-7-8-15(14(12)13)9-11-5-6-11/h2-4,11H,5-9H2,1H3. The van der Waals surface area contributed by atoms with Crippen LogP contribution in [0, 0.1) is 5.92 Å². The van der Waals surface area contributed by atoms with Crippen LogP contribution in [0.2, 0.25) is 0 Å². The first-order valence-corrected chi connectivity index (χ1v) is 6.13. The molecular formula is C14H17NO. The Morgan fingerprint density at radius 1 is 1.44 bits per heavy atom. The third-order valence-corrected chi connectivity index (χ3v) is 3.64. The van der Waals surface area contributed by atoms with Gasteiger partial charge >= 0.3 is 0 Å². The molecule has 1 saturated carbocycles. The number of para-hydroxylation sites is 1. The minimum absolute atomic E-state index is 0.194. The molecule has 3 rings (SSSR count). The molecule has 84 valence electrons. The number of hydrogen-bond donors (Lipinski definition) is 0.